The number of aromatic nitrogens is 1. The molecule has 2 aromatic carbocycles. The van der Waals surface area contributed by atoms with E-state index in [4.69, 9.17) is 9.47 Å². The lowest BCUT2D eigenvalue weighted by molar-refractivity contribution is -0.111. The second-order valence-electron chi connectivity index (χ2n) is 7.85. The first-order chi connectivity index (χ1) is 14.3. The first kappa shape index (κ1) is 21.8. The third kappa shape index (κ3) is 5.39. The number of hydrogen-bond acceptors (Lipinski definition) is 5. The molecule has 3 aromatic rings. The standard InChI is InChI=1S/C24H28N2O3S/c1-6-28-19-12-8-16(14-20(19)29-7-2)9-13-22(27)26-23-25-18-11-10-17(24(3,4)5)15-21(18)30-23/h8-15H,6-7H2,1-5H3,(H,25,26,27)/b13-9+. The molecule has 6 heteroatoms. The molecule has 0 aliphatic heterocycles. The van der Waals surface area contributed by atoms with E-state index < -0.39 is 0 Å². The van der Waals surface area contributed by atoms with E-state index in [2.05, 4.69) is 43.2 Å². The molecule has 30 heavy (non-hydrogen) atoms. The van der Waals surface area contributed by atoms with Gasteiger partial charge in [-0.3, -0.25) is 10.1 Å². The Hall–Kier alpha value is -2.86. The molecule has 158 valence electrons. The fraction of sp³-hybridized carbons (Fsp3) is 0.333. The molecule has 0 bridgehead atoms. The van der Waals surface area contributed by atoms with E-state index in [0.717, 1.165) is 15.8 Å². The van der Waals surface area contributed by atoms with Crippen LogP contribution in [0.25, 0.3) is 16.3 Å². The number of nitrogens with zero attached hydrogens (tertiary/aromatic N) is 1. The number of amides is 1. The quantitative estimate of drug-likeness (QED) is 0.470. The predicted octanol–water partition coefficient (Wildman–Crippen LogP) is 6.04. The number of thiazole rings is 1. The Bertz CT molecular complexity index is 1060. The van der Waals surface area contributed by atoms with Crippen LogP contribution in [0.5, 0.6) is 11.5 Å². The van der Waals surface area contributed by atoms with Crippen molar-refractivity contribution in [3.63, 3.8) is 0 Å². The summed E-state index contributed by atoms with van der Waals surface area (Å²) in [7, 11) is 0. The lowest BCUT2D eigenvalue weighted by atomic mass is 9.87. The van der Waals surface area contributed by atoms with Gasteiger partial charge in [0.25, 0.3) is 0 Å². The van der Waals surface area contributed by atoms with E-state index in [1.807, 2.05) is 38.1 Å². The van der Waals surface area contributed by atoms with Crippen molar-refractivity contribution >= 4 is 38.7 Å². The molecule has 3 rings (SSSR count). The summed E-state index contributed by atoms with van der Waals surface area (Å²) < 4.78 is 12.3. The van der Waals surface area contributed by atoms with Gasteiger partial charge in [0.15, 0.2) is 16.6 Å². The summed E-state index contributed by atoms with van der Waals surface area (Å²) in [4.78, 5) is 16.9. The van der Waals surface area contributed by atoms with Gasteiger partial charge in [-0.15, -0.1) is 0 Å². The smallest absolute Gasteiger partial charge is 0.250 e. The Balaban J connectivity index is 1.72. The highest BCUT2D eigenvalue weighted by molar-refractivity contribution is 7.22. The molecule has 0 atom stereocenters. The topological polar surface area (TPSA) is 60.5 Å². The van der Waals surface area contributed by atoms with Crippen molar-refractivity contribution in [1.82, 2.24) is 4.98 Å². The molecular weight excluding hydrogens is 396 g/mol. The summed E-state index contributed by atoms with van der Waals surface area (Å²) in [6.07, 6.45) is 3.25. The normalized spacial score (nSPS) is 11.8. The highest BCUT2D eigenvalue weighted by atomic mass is 32.1. The molecule has 0 saturated heterocycles. The van der Waals surface area contributed by atoms with Crippen molar-refractivity contribution in [2.24, 2.45) is 0 Å². The van der Waals surface area contributed by atoms with E-state index in [9.17, 15) is 4.79 Å². The molecule has 0 spiro atoms. The van der Waals surface area contributed by atoms with Crippen molar-refractivity contribution in [3.05, 3.63) is 53.6 Å². The summed E-state index contributed by atoms with van der Waals surface area (Å²) in [5.74, 6) is 1.14. The number of hydrogen-bond donors (Lipinski definition) is 1. The molecule has 5 nitrogen and oxygen atoms in total. The molecule has 1 aromatic heterocycles. The number of nitrogens with one attached hydrogen (secondary N) is 1. The molecule has 1 heterocycles. The summed E-state index contributed by atoms with van der Waals surface area (Å²) in [5, 5.41) is 3.45. The summed E-state index contributed by atoms with van der Waals surface area (Å²) in [6, 6.07) is 11.9. The maximum Gasteiger partial charge on any atom is 0.250 e. The summed E-state index contributed by atoms with van der Waals surface area (Å²) in [6.45, 7) is 11.5. The Morgan fingerprint density at radius 2 is 1.80 bits per heavy atom. The van der Waals surface area contributed by atoms with Gasteiger partial charge in [0, 0.05) is 6.08 Å². The first-order valence-corrected chi connectivity index (χ1v) is 10.9. The highest BCUT2D eigenvalue weighted by Crippen LogP contribution is 2.31. The Morgan fingerprint density at radius 3 is 2.50 bits per heavy atom. The van der Waals surface area contributed by atoms with Crippen LogP contribution >= 0.6 is 11.3 Å². The van der Waals surface area contributed by atoms with Crippen LogP contribution in [0.15, 0.2) is 42.5 Å². The van der Waals surface area contributed by atoms with Crippen LogP contribution in [-0.4, -0.2) is 24.1 Å². The average molecular weight is 425 g/mol. The van der Waals surface area contributed by atoms with Gasteiger partial charge in [-0.1, -0.05) is 44.2 Å². The van der Waals surface area contributed by atoms with Gasteiger partial charge in [0.1, 0.15) is 0 Å². The molecule has 0 unspecified atom stereocenters. The number of carbonyl (C=O) groups excluding carboxylic acids is 1. The fourth-order valence-electron chi connectivity index (χ4n) is 2.93. The molecule has 0 fully saturated rings. The monoisotopic (exact) mass is 424 g/mol. The minimum Gasteiger partial charge on any atom is -0.490 e. The number of rotatable bonds is 7. The highest BCUT2D eigenvalue weighted by Gasteiger charge is 2.15. The van der Waals surface area contributed by atoms with Gasteiger partial charge < -0.3 is 9.47 Å². The lowest BCUT2D eigenvalue weighted by Gasteiger charge is -2.18. The van der Waals surface area contributed by atoms with Crippen molar-refractivity contribution in [3.8, 4) is 11.5 Å². The number of benzene rings is 2. The molecule has 1 N–H and O–H groups in total. The number of fused-ring (bicyclic) bond motifs is 1. The Labute approximate surface area is 181 Å². The molecule has 0 saturated carbocycles. The van der Waals surface area contributed by atoms with Crippen LogP contribution < -0.4 is 14.8 Å². The van der Waals surface area contributed by atoms with Crippen LogP contribution in [0, 0.1) is 0 Å². The Morgan fingerprint density at radius 1 is 1.07 bits per heavy atom. The first-order valence-electron chi connectivity index (χ1n) is 10.1. The predicted molar refractivity (Wildman–Crippen MR) is 125 cm³/mol. The minimum absolute atomic E-state index is 0.0718. The van der Waals surface area contributed by atoms with Crippen LogP contribution in [0.3, 0.4) is 0 Å². The molecule has 0 aliphatic carbocycles. The van der Waals surface area contributed by atoms with E-state index in [-0.39, 0.29) is 11.3 Å². The van der Waals surface area contributed by atoms with Gasteiger partial charge in [-0.25, -0.2) is 4.98 Å². The van der Waals surface area contributed by atoms with Gasteiger partial charge in [0.05, 0.1) is 23.4 Å². The van der Waals surface area contributed by atoms with Crippen LogP contribution in [0.1, 0.15) is 45.7 Å². The zero-order chi connectivity index (χ0) is 21.7. The molecule has 0 aliphatic rings. The summed E-state index contributed by atoms with van der Waals surface area (Å²) >= 11 is 1.48. The van der Waals surface area contributed by atoms with Crippen molar-refractivity contribution in [1.29, 1.82) is 0 Å². The van der Waals surface area contributed by atoms with Gasteiger partial charge in [-0.2, -0.15) is 0 Å². The molecular formula is C24H28N2O3S. The maximum atomic E-state index is 12.4. The zero-order valence-corrected chi connectivity index (χ0v) is 18.9. The van der Waals surface area contributed by atoms with Crippen molar-refractivity contribution in [2.45, 2.75) is 40.0 Å². The second kappa shape index (κ2) is 9.30. The van der Waals surface area contributed by atoms with Gasteiger partial charge >= 0.3 is 0 Å². The van der Waals surface area contributed by atoms with E-state index in [0.29, 0.717) is 29.8 Å². The largest absolute Gasteiger partial charge is 0.490 e. The van der Waals surface area contributed by atoms with Crippen molar-refractivity contribution in [2.75, 3.05) is 18.5 Å². The second-order valence-corrected chi connectivity index (χ2v) is 8.88. The van der Waals surface area contributed by atoms with E-state index >= 15 is 0 Å². The van der Waals surface area contributed by atoms with E-state index in [1.54, 1.807) is 6.08 Å². The van der Waals surface area contributed by atoms with Crippen LogP contribution in [-0.2, 0) is 10.2 Å². The molecule has 0 radical (unpaired) electrons. The zero-order valence-electron chi connectivity index (χ0n) is 18.1. The van der Waals surface area contributed by atoms with Gasteiger partial charge in [0.2, 0.25) is 5.91 Å². The fourth-order valence-corrected chi connectivity index (χ4v) is 3.84. The lowest BCUT2D eigenvalue weighted by Crippen LogP contribution is -2.10. The average Bonchev–Trinajstić information content (AvgIpc) is 3.09. The van der Waals surface area contributed by atoms with Gasteiger partial charge in [-0.05, 0) is 60.7 Å². The summed E-state index contributed by atoms with van der Waals surface area (Å²) in [5.41, 5.74) is 3.07. The van der Waals surface area contributed by atoms with Crippen LogP contribution in [0.4, 0.5) is 5.13 Å². The third-order valence-electron chi connectivity index (χ3n) is 4.48. The SMILES string of the molecule is CCOc1ccc(/C=C/C(=O)Nc2nc3ccc(C(C)(C)C)cc3s2)cc1OCC. The maximum absolute atomic E-state index is 12.4. The third-order valence-corrected chi connectivity index (χ3v) is 5.41. The minimum atomic E-state index is -0.225. The number of anilines is 1. The molecule has 1 amide bonds. The number of ether oxygens (including phenoxy) is 2. The van der Waals surface area contributed by atoms with E-state index in [1.165, 1.54) is 23.0 Å². The van der Waals surface area contributed by atoms with Crippen LogP contribution in [0.2, 0.25) is 0 Å². The number of carbonyl (C=O) groups is 1. The van der Waals surface area contributed by atoms with Crippen molar-refractivity contribution < 1.29 is 14.3 Å². The Kier molecular flexibility index (Phi) is 6.77.